The van der Waals surface area contributed by atoms with E-state index in [4.69, 9.17) is 5.26 Å². The Kier molecular flexibility index (Phi) is 7.96. The normalized spacial score (nSPS) is 10.1. The molecule has 0 saturated heterocycles. The quantitative estimate of drug-likeness (QED) is 0.687. The fraction of sp³-hybridized carbons (Fsp3) is 0.250. The minimum Gasteiger partial charge on any atom is -0.352 e. The van der Waals surface area contributed by atoms with Crippen LogP contribution in [0.15, 0.2) is 53.0 Å². The van der Waals surface area contributed by atoms with Gasteiger partial charge in [0.15, 0.2) is 0 Å². The highest BCUT2D eigenvalue weighted by atomic mass is 79.9. The Labute approximate surface area is 165 Å². The maximum Gasteiger partial charge on any atom is 0.227 e. The van der Waals surface area contributed by atoms with E-state index in [2.05, 4.69) is 21.2 Å². The zero-order valence-corrected chi connectivity index (χ0v) is 16.2. The molecular weight excluding hydrogens is 413 g/mol. The van der Waals surface area contributed by atoms with Gasteiger partial charge in [0.05, 0.1) is 12.5 Å². The molecule has 0 aliphatic heterocycles. The Balaban J connectivity index is 1.89. The number of hydrogen-bond acceptors (Lipinski definition) is 3. The molecule has 5 nitrogen and oxygen atoms in total. The van der Waals surface area contributed by atoms with Crippen LogP contribution >= 0.6 is 15.9 Å². The van der Waals surface area contributed by atoms with E-state index in [-0.39, 0.29) is 50.0 Å². The number of benzene rings is 2. The summed E-state index contributed by atoms with van der Waals surface area (Å²) < 4.78 is 14.0. The van der Waals surface area contributed by atoms with E-state index in [1.54, 1.807) is 18.2 Å². The number of para-hydroxylation sites is 1. The zero-order chi connectivity index (χ0) is 19.6. The number of rotatable bonds is 8. The summed E-state index contributed by atoms with van der Waals surface area (Å²) in [4.78, 5) is 26.1. The first-order valence-electron chi connectivity index (χ1n) is 8.44. The van der Waals surface area contributed by atoms with E-state index in [0.29, 0.717) is 15.7 Å². The third-order valence-electron chi connectivity index (χ3n) is 3.87. The smallest absolute Gasteiger partial charge is 0.227 e. The molecule has 2 aromatic rings. The summed E-state index contributed by atoms with van der Waals surface area (Å²) in [5.74, 6) is -0.903. The average molecular weight is 432 g/mol. The summed E-state index contributed by atoms with van der Waals surface area (Å²) in [6, 6.07) is 15.3. The maximum atomic E-state index is 13.3. The molecule has 0 atom stereocenters. The standard InChI is InChI=1S/C20H19BrFN3O2/c21-18-8-7-16(22)13-15(18)14-24-19(26)9-10-20(27)25(12-4-11-23)17-5-2-1-3-6-17/h1-3,5-8,13H,4,9-10,12,14H2,(H,24,26). The van der Waals surface area contributed by atoms with Crippen molar-refractivity contribution in [2.45, 2.75) is 25.8 Å². The number of amides is 2. The number of anilines is 1. The molecule has 1 N–H and O–H groups in total. The molecular formula is C20H19BrFN3O2. The molecule has 0 aliphatic carbocycles. The summed E-state index contributed by atoms with van der Waals surface area (Å²) in [7, 11) is 0. The third-order valence-corrected chi connectivity index (χ3v) is 4.64. The number of nitrogens with zero attached hydrogens (tertiary/aromatic N) is 2. The van der Waals surface area contributed by atoms with Crippen molar-refractivity contribution >= 4 is 33.4 Å². The van der Waals surface area contributed by atoms with E-state index in [9.17, 15) is 14.0 Å². The van der Waals surface area contributed by atoms with Gasteiger partial charge in [-0.25, -0.2) is 4.39 Å². The first-order valence-corrected chi connectivity index (χ1v) is 9.23. The number of nitriles is 1. The average Bonchev–Trinajstić information content (AvgIpc) is 2.68. The molecule has 0 fully saturated rings. The van der Waals surface area contributed by atoms with Gasteiger partial charge >= 0.3 is 0 Å². The second-order valence-electron chi connectivity index (χ2n) is 5.80. The SMILES string of the molecule is N#CCCN(C(=O)CCC(=O)NCc1cc(F)ccc1Br)c1ccccc1. The summed E-state index contributed by atoms with van der Waals surface area (Å²) in [5.41, 5.74) is 1.32. The van der Waals surface area contributed by atoms with Crippen LogP contribution in [-0.2, 0) is 16.1 Å². The Morgan fingerprint density at radius 1 is 1.15 bits per heavy atom. The lowest BCUT2D eigenvalue weighted by atomic mass is 10.2. The highest BCUT2D eigenvalue weighted by Crippen LogP contribution is 2.18. The van der Waals surface area contributed by atoms with Crippen LogP contribution in [0.4, 0.5) is 10.1 Å². The van der Waals surface area contributed by atoms with Crippen LogP contribution in [0.1, 0.15) is 24.8 Å². The molecule has 0 bridgehead atoms. The molecule has 2 amide bonds. The minimum atomic E-state index is -0.381. The molecule has 0 aromatic heterocycles. The molecule has 7 heteroatoms. The molecule has 0 saturated carbocycles. The number of halogens is 2. The number of hydrogen-bond donors (Lipinski definition) is 1. The molecule has 0 spiro atoms. The lowest BCUT2D eigenvalue weighted by molar-refractivity contribution is -0.125. The van der Waals surface area contributed by atoms with Gasteiger partial charge in [0.2, 0.25) is 11.8 Å². The Hall–Kier alpha value is -2.72. The molecule has 0 heterocycles. The van der Waals surface area contributed by atoms with Crippen LogP contribution in [0.2, 0.25) is 0 Å². The number of nitrogens with one attached hydrogen (secondary N) is 1. The lowest BCUT2D eigenvalue weighted by Crippen LogP contribution is -2.33. The van der Waals surface area contributed by atoms with Crippen LogP contribution in [-0.4, -0.2) is 18.4 Å². The van der Waals surface area contributed by atoms with E-state index >= 15 is 0 Å². The van der Waals surface area contributed by atoms with Crippen molar-refractivity contribution < 1.29 is 14.0 Å². The van der Waals surface area contributed by atoms with Crippen molar-refractivity contribution in [1.29, 1.82) is 5.26 Å². The van der Waals surface area contributed by atoms with Crippen LogP contribution in [0.5, 0.6) is 0 Å². The predicted octanol–water partition coefficient (Wildman–Crippen LogP) is 3.93. The van der Waals surface area contributed by atoms with Gasteiger partial charge in [-0.15, -0.1) is 0 Å². The van der Waals surface area contributed by atoms with Gasteiger partial charge in [-0.05, 0) is 35.9 Å². The van der Waals surface area contributed by atoms with Gasteiger partial charge in [0, 0.05) is 36.1 Å². The predicted molar refractivity (Wildman–Crippen MR) is 104 cm³/mol. The van der Waals surface area contributed by atoms with Gasteiger partial charge in [0.25, 0.3) is 0 Å². The highest BCUT2D eigenvalue weighted by Gasteiger charge is 2.16. The summed E-state index contributed by atoms with van der Waals surface area (Å²) >= 11 is 3.31. The third kappa shape index (κ3) is 6.50. The van der Waals surface area contributed by atoms with Crippen LogP contribution in [0, 0.1) is 17.1 Å². The van der Waals surface area contributed by atoms with Gasteiger partial charge in [0.1, 0.15) is 5.82 Å². The lowest BCUT2D eigenvalue weighted by Gasteiger charge is -2.21. The largest absolute Gasteiger partial charge is 0.352 e. The molecule has 27 heavy (non-hydrogen) atoms. The first-order chi connectivity index (χ1) is 13.0. The molecule has 2 rings (SSSR count). The van der Waals surface area contributed by atoms with Crippen LogP contribution in [0.25, 0.3) is 0 Å². The second kappa shape index (κ2) is 10.4. The first kappa shape index (κ1) is 20.6. The van der Waals surface area contributed by atoms with Gasteiger partial charge < -0.3 is 10.2 Å². The van der Waals surface area contributed by atoms with Gasteiger partial charge in [-0.2, -0.15) is 5.26 Å². The second-order valence-corrected chi connectivity index (χ2v) is 6.66. The van der Waals surface area contributed by atoms with Crippen molar-refractivity contribution in [3.8, 4) is 6.07 Å². The summed E-state index contributed by atoms with van der Waals surface area (Å²) in [6.45, 7) is 0.444. The Morgan fingerprint density at radius 2 is 1.89 bits per heavy atom. The van der Waals surface area contributed by atoms with E-state index in [1.165, 1.54) is 17.0 Å². The van der Waals surface area contributed by atoms with E-state index < -0.39 is 0 Å². The monoisotopic (exact) mass is 431 g/mol. The highest BCUT2D eigenvalue weighted by molar-refractivity contribution is 9.10. The maximum absolute atomic E-state index is 13.3. The van der Waals surface area contributed by atoms with Crippen molar-refractivity contribution in [3.63, 3.8) is 0 Å². The van der Waals surface area contributed by atoms with Crippen LogP contribution < -0.4 is 10.2 Å². The van der Waals surface area contributed by atoms with Crippen LogP contribution in [0.3, 0.4) is 0 Å². The van der Waals surface area contributed by atoms with Crippen molar-refractivity contribution in [2.24, 2.45) is 0 Å². The van der Waals surface area contributed by atoms with Crippen molar-refractivity contribution in [1.82, 2.24) is 5.32 Å². The zero-order valence-electron chi connectivity index (χ0n) is 14.6. The molecule has 2 aromatic carbocycles. The van der Waals surface area contributed by atoms with Gasteiger partial charge in [-0.3, -0.25) is 9.59 Å². The van der Waals surface area contributed by atoms with Crippen molar-refractivity contribution in [2.75, 3.05) is 11.4 Å². The molecule has 140 valence electrons. The number of carbonyl (C=O) groups excluding carboxylic acids is 2. The number of carbonyl (C=O) groups is 2. The topological polar surface area (TPSA) is 73.2 Å². The molecule has 0 radical (unpaired) electrons. The molecule has 0 unspecified atom stereocenters. The van der Waals surface area contributed by atoms with E-state index in [1.807, 2.05) is 24.3 Å². The fourth-order valence-corrected chi connectivity index (χ4v) is 2.87. The van der Waals surface area contributed by atoms with Gasteiger partial charge in [-0.1, -0.05) is 34.1 Å². The summed E-state index contributed by atoms with van der Waals surface area (Å²) in [5, 5.41) is 11.5. The molecule has 0 aliphatic rings. The Morgan fingerprint density at radius 3 is 2.59 bits per heavy atom. The van der Waals surface area contributed by atoms with Crippen molar-refractivity contribution in [3.05, 3.63) is 64.4 Å². The fourth-order valence-electron chi connectivity index (χ4n) is 2.48. The van der Waals surface area contributed by atoms with E-state index in [0.717, 1.165) is 0 Å². The summed E-state index contributed by atoms with van der Waals surface area (Å²) in [6.07, 6.45) is 0.249. The minimum absolute atomic E-state index is 0.0155. The Bertz CT molecular complexity index is 837.